The molecule has 158 valence electrons. The van der Waals surface area contributed by atoms with E-state index in [1.54, 1.807) is 0 Å². The molecule has 5 rings (SSSR count). The van der Waals surface area contributed by atoms with Gasteiger partial charge >= 0.3 is 0 Å². The first-order valence-electron chi connectivity index (χ1n) is 11.3. The van der Waals surface area contributed by atoms with Crippen LogP contribution < -0.4 is 0 Å². The molecule has 0 radical (unpaired) electrons. The van der Waals surface area contributed by atoms with Crippen LogP contribution in [-0.4, -0.2) is 16.8 Å². The van der Waals surface area contributed by atoms with E-state index in [9.17, 15) is 4.79 Å². The summed E-state index contributed by atoms with van der Waals surface area (Å²) in [6, 6.07) is 35.5. The average Bonchev–Trinajstić information content (AvgIpc) is 3.27. The highest BCUT2D eigenvalue weighted by atomic mass is 16.2. The quantitative estimate of drug-likeness (QED) is 0.364. The first-order chi connectivity index (χ1) is 15.7. The van der Waals surface area contributed by atoms with Crippen molar-refractivity contribution in [3.8, 4) is 11.1 Å². The van der Waals surface area contributed by atoms with Gasteiger partial charge in [-0.2, -0.15) is 0 Å². The minimum atomic E-state index is 0.0998. The monoisotopic (exact) mass is 417 g/mol. The molecule has 1 aliphatic carbocycles. The Morgan fingerprint density at radius 1 is 0.750 bits per heavy atom. The smallest absolute Gasteiger partial charge is 0.255 e. The van der Waals surface area contributed by atoms with E-state index >= 15 is 0 Å². The molecule has 2 heteroatoms. The molecule has 4 aromatic rings. The van der Waals surface area contributed by atoms with E-state index < -0.39 is 0 Å². The van der Waals surface area contributed by atoms with Gasteiger partial charge < -0.3 is 4.90 Å². The van der Waals surface area contributed by atoms with E-state index in [4.69, 9.17) is 0 Å². The lowest BCUT2D eigenvalue weighted by atomic mass is 9.97. The molecule has 0 unspecified atom stereocenters. The molecule has 1 amide bonds. The topological polar surface area (TPSA) is 20.3 Å². The maximum Gasteiger partial charge on any atom is 0.255 e. The molecule has 0 heterocycles. The molecule has 0 N–H and O–H groups in total. The van der Waals surface area contributed by atoms with Crippen molar-refractivity contribution in [1.82, 2.24) is 4.90 Å². The van der Waals surface area contributed by atoms with Crippen LogP contribution in [0.25, 0.3) is 11.1 Å². The van der Waals surface area contributed by atoms with Crippen molar-refractivity contribution in [2.24, 2.45) is 0 Å². The van der Waals surface area contributed by atoms with Crippen LogP contribution in [-0.2, 0) is 19.4 Å². The van der Waals surface area contributed by atoms with Crippen LogP contribution >= 0.6 is 0 Å². The van der Waals surface area contributed by atoms with Crippen molar-refractivity contribution in [3.05, 3.63) is 131 Å². The van der Waals surface area contributed by atoms with E-state index in [0.717, 1.165) is 35.1 Å². The molecule has 2 nitrogen and oxygen atoms in total. The first kappa shape index (κ1) is 20.3. The lowest BCUT2D eigenvalue weighted by Gasteiger charge is -2.30. The number of carbonyl (C=O) groups excluding carboxylic acids is 1. The lowest BCUT2D eigenvalue weighted by Crippen LogP contribution is -2.40. The Kier molecular flexibility index (Phi) is 5.60. The van der Waals surface area contributed by atoms with Crippen LogP contribution in [0, 0.1) is 6.92 Å². The summed E-state index contributed by atoms with van der Waals surface area (Å²) in [5, 5.41) is 0. The minimum Gasteiger partial charge on any atom is -0.331 e. The minimum absolute atomic E-state index is 0.0998. The van der Waals surface area contributed by atoms with Gasteiger partial charge in [-0.1, -0.05) is 103 Å². The standard InChI is InChI=1S/C30H27NO/c1-22-15-17-24(18-16-22)28-13-7-8-14-29(28)30(32)31(21-23-9-3-2-4-10-23)27-19-25-11-5-6-12-26(25)20-27/h2-18,27H,19-21H2,1H3. The fourth-order valence-electron chi connectivity index (χ4n) is 4.71. The Morgan fingerprint density at radius 3 is 2.03 bits per heavy atom. The van der Waals surface area contributed by atoms with Crippen molar-refractivity contribution in [2.75, 3.05) is 0 Å². The number of nitrogens with zero attached hydrogens (tertiary/aromatic N) is 1. The van der Waals surface area contributed by atoms with Gasteiger partial charge in [0, 0.05) is 18.2 Å². The number of rotatable bonds is 5. The van der Waals surface area contributed by atoms with E-state index in [1.807, 2.05) is 36.4 Å². The largest absolute Gasteiger partial charge is 0.331 e. The zero-order valence-electron chi connectivity index (χ0n) is 18.4. The van der Waals surface area contributed by atoms with E-state index in [0.29, 0.717) is 6.54 Å². The molecule has 0 saturated heterocycles. The van der Waals surface area contributed by atoms with Crippen LogP contribution in [0.5, 0.6) is 0 Å². The first-order valence-corrected chi connectivity index (χ1v) is 11.3. The predicted molar refractivity (Wildman–Crippen MR) is 131 cm³/mol. The molecule has 0 aliphatic heterocycles. The van der Waals surface area contributed by atoms with Gasteiger partial charge in [-0.3, -0.25) is 4.79 Å². The van der Waals surface area contributed by atoms with E-state index in [1.165, 1.54) is 16.7 Å². The van der Waals surface area contributed by atoms with Gasteiger partial charge in [-0.25, -0.2) is 0 Å². The van der Waals surface area contributed by atoms with Gasteiger partial charge in [-0.15, -0.1) is 0 Å². The highest BCUT2D eigenvalue weighted by molar-refractivity contribution is 6.01. The number of amides is 1. The summed E-state index contributed by atoms with van der Waals surface area (Å²) in [4.78, 5) is 16.2. The molecule has 4 aromatic carbocycles. The molecule has 0 fully saturated rings. The SMILES string of the molecule is Cc1ccc(-c2ccccc2C(=O)N(Cc2ccccc2)C2Cc3ccccc3C2)cc1. The van der Waals surface area contributed by atoms with Gasteiger partial charge in [0.15, 0.2) is 0 Å². The van der Waals surface area contributed by atoms with Crippen LogP contribution in [0.4, 0.5) is 0 Å². The predicted octanol–water partition coefficient (Wildman–Crippen LogP) is 6.47. The highest BCUT2D eigenvalue weighted by Crippen LogP contribution is 2.30. The van der Waals surface area contributed by atoms with Crippen molar-refractivity contribution >= 4 is 5.91 Å². The third-order valence-electron chi connectivity index (χ3n) is 6.45. The van der Waals surface area contributed by atoms with Gasteiger partial charge in [0.1, 0.15) is 0 Å². The fraction of sp³-hybridized carbons (Fsp3) is 0.167. The Balaban J connectivity index is 1.52. The third kappa shape index (κ3) is 4.09. The maximum atomic E-state index is 14.1. The summed E-state index contributed by atoms with van der Waals surface area (Å²) in [5.74, 6) is 0.0998. The molecular formula is C30H27NO. The Labute approximate surface area is 190 Å². The van der Waals surface area contributed by atoms with Crippen molar-refractivity contribution in [3.63, 3.8) is 0 Å². The Hall–Kier alpha value is -3.65. The number of fused-ring (bicyclic) bond motifs is 1. The number of hydrogen-bond donors (Lipinski definition) is 0. The summed E-state index contributed by atoms with van der Waals surface area (Å²) in [7, 11) is 0. The van der Waals surface area contributed by atoms with Gasteiger partial charge in [0.05, 0.1) is 0 Å². The third-order valence-corrected chi connectivity index (χ3v) is 6.45. The number of aryl methyl sites for hydroxylation is 1. The molecule has 0 aromatic heterocycles. The van der Waals surface area contributed by atoms with Gasteiger partial charge in [0.25, 0.3) is 5.91 Å². The van der Waals surface area contributed by atoms with Crippen molar-refractivity contribution in [1.29, 1.82) is 0 Å². The Bertz CT molecular complexity index is 1200. The second-order valence-corrected chi connectivity index (χ2v) is 8.66. The van der Waals surface area contributed by atoms with Crippen LogP contribution in [0.2, 0.25) is 0 Å². The summed E-state index contributed by atoms with van der Waals surface area (Å²) < 4.78 is 0. The number of carbonyl (C=O) groups is 1. The summed E-state index contributed by atoms with van der Waals surface area (Å²) in [6.45, 7) is 2.70. The summed E-state index contributed by atoms with van der Waals surface area (Å²) in [5.41, 5.74) is 7.92. The van der Waals surface area contributed by atoms with Gasteiger partial charge in [0.2, 0.25) is 0 Å². The maximum absolute atomic E-state index is 14.1. The molecule has 32 heavy (non-hydrogen) atoms. The Morgan fingerprint density at radius 2 is 1.34 bits per heavy atom. The van der Waals surface area contributed by atoms with Crippen LogP contribution in [0.1, 0.15) is 32.6 Å². The lowest BCUT2D eigenvalue weighted by molar-refractivity contribution is 0.0668. The van der Waals surface area contributed by atoms with Crippen LogP contribution in [0.15, 0.2) is 103 Å². The van der Waals surface area contributed by atoms with Crippen molar-refractivity contribution in [2.45, 2.75) is 32.4 Å². The molecule has 0 atom stereocenters. The molecule has 0 bridgehead atoms. The summed E-state index contributed by atoms with van der Waals surface area (Å²) >= 11 is 0. The second-order valence-electron chi connectivity index (χ2n) is 8.66. The van der Waals surface area contributed by atoms with E-state index in [2.05, 4.69) is 78.6 Å². The fourth-order valence-corrected chi connectivity index (χ4v) is 4.71. The van der Waals surface area contributed by atoms with Crippen molar-refractivity contribution < 1.29 is 4.79 Å². The molecular weight excluding hydrogens is 390 g/mol. The van der Waals surface area contributed by atoms with Crippen LogP contribution in [0.3, 0.4) is 0 Å². The number of hydrogen-bond acceptors (Lipinski definition) is 1. The highest BCUT2D eigenvalue weighted by Gasteiger charge is 2.31. The second kappa shape index (κ2) is 8.84. The molecule has 0 spiro atoms. The zero-order valence-corrected chi connectivity index (χ0v) is 18.4. The molecule has 0 saturated carbocycles. The molecule has 1 aliphatic rings. The number of benzene rings is 4. The van der Waals surface area contributed by atoms with E-state index in [-0.39, 0.29) is 11.9 Å². The average molecular weight is 418 g/mol. The normalized spacial score (nSPS) is 13.0. The summed E-state index contributed by atoms with van der Waals surface area (Å²) in [6.07, 6.45) is 1.81. The zero-order chi connectivity index (χ0) is 21.9. The van der Waals surface area contributed by atoms with Gasteiger partial charge in [-0.05, 0) is 53.6 Å².